The Morgan fingerprint density at radius 2 is 1.91 bits per heavy atom. The van der Waals surface area contributed by atoms with Crippen LogP contribution in [-0.4, -0.2) is 6.29 Å². The van der Waals surface area contributed by atoms with E-state index in [2.05, 4.69) is 18.2 Å². The Morgan fingerprint density at radius 3 is 2.55 bits per heavy atom. The van der Waals surface area contributed by atoms with E-state index in [9.17, 15) is 4.79 Å². The Hall–Kier alpha value is -0.850. The molecular formula is C10H16O. The van der Waals surface area contributed by atoms with Gasteiger partial charge in [0.2, 0.25) is 0 Å². The van der Waals surface area contributed by atoms with E-state index in [4.69, 9.17) is 0 Å². The molecule has 0 unspecified atom stereocenters. The minimum Gasteiger partial charge on any atom is -0.303 e. The highest BCUT2D eigenvalue weighted by molar-refractivity contribution is 5.48. The van der Waals surface area contributed by atoms with Crippen molar-refractivity contribution in [2.45, 2.75) is 32.6 Å². The van der Waals surface area contributed by atoms with E-state index in [0.717, 1.165) is 25.5 Å². The summed E-state index contributed by atoms with van der Waals surface area (Å²) in [6.07, 6.45) is 13.1. The number of rotatable bonds is 6. The molecule has 0 heterocycles. The molecule has 0 aliphatic rings. The number of carbonyl (C=O) groups is 1. The van der Waals surface area contributed by atoms with Crippen LogP contribution in [-0.2, 0) is 4.79 Å². The minimum atomic E-state index is 0.688. The zero-order chi connectivity index (χ0) is 8.36. The summed E-state index contributed by atoms with van der Waals surface area (Å²) in [5.41, 5.74) is 0. The molecular weight excluding hydrogens is 136 g/mol. The van der Waals surface area contributed by atoms with Crippen molar-refractivity contribution in [2.24, 2.45) is 0 Å². The zero-order valence-corrected chi connectivity index (χ0v) is 7.12. The quantitative estimate of drug-likeness (QED) is 0.325. The Labute approximate surface area is 68.8 Å². The topological polar surface area (TPSA) is 17.1 Å². The molecule has 0 aromatic heterocycles. The van der Waals surface area contributed by atoms with E-state index < -0.39 is 0 Å². The predicted molar refractivity (Wildman–Crippen MR) is 48.5 cm³/mol. The van der Waals surface area contributed by atoms with Gasteiger partial charge in [0.05, 0.1) is 0 Å². The monoisotopic (exact) mass is 152 g/mol. The Kier molecular flexibility index (Phi) is 8.44. The zero-order valence-electron chi connectivity index (χ0n) is 7.12. The standard InChI is InChI=1S/C10H16O/c1-2-3-4-5-6-7-8-9-10-11/h2-3,5-6,10H,4,7-9H2,1H3. The lowest BCUT2D eigenvalue weighted by Gasteiger charge is -1.86. The molecule has 0 radical (unpaired) electrons. The third-order valence-electron chi connectivity index (χ3n) is 1.37. The molecule has 0 spiro atoms. The number of unbranched alkanes of at least 4 members (excludes halogenated alkanes) is 2. The first-order chi connectivity index (χ1) is 5.41. The van der Waals surface area contributed by atoms with E-state index >= 15 is 0 Å². The number of hydrogen-bond donors (Lipinski definition) is 0. The second-order valence-corrected chi connectivity index (χ2v) is 2.37. The van der Waals surface area contributed by atoms with E-state index in [1.54, 1.807) is 0 Å². The molecule has 0 saturated carbocycles. The van der Waals surface area contributed by atoms with Crippen molar-refractivity contribution >= 4 is 6.29 Å². The van der Waals surface area contributed by atoms with Crippen LogP contribution in [0.3, 0.4) is 0 Å². The largest absolute Gasteiger partial charge is 0.303 e. The van der Waals surface area contributed by atoms with Crippen LogP contribution in [0.1, 0.15) is 32.6 Å². The lowest BCUT2D eigenvalue weighted by molar-refractivity contribution is -0.107. The van der Waals surface area contributed by atoms with Gasteiger partial charge in [0.15, 0.2) is 0 Å². The van der Waals surface area contributed by atoms with Crippen LogP contribution in [0.5, 0.6) is 0 Å². The average Bonchev–Trinajstić information content (AvgIpc) is 2.03. The number of hydrogen-bond acceptors (Lipinski definition) is 1. The SMILES string of the molecule is CC=CCC=CCCCC=O. The van der Waals surface area contributed by atoms with E-state index in [1.165, 1.54) is 0 Å². The third-order valence-corrected chi connectivity index (χ3v) is 1.37. The highest BCUT2D eigenvalue weighted by Crippen LogP contribution is 1.95. The Balaban J connectivity index is 3.09. The van der Waals surface area contributed by atoms with Crippen LogP contribution in [0.25, 0.3) is 0 Å². The number of carbonyl (C=O) groups excluding carboxylic acids is 1. The van der Waals surface area contributed by atoms with Crippen molar-refractivity contribution in [1.29, 1.82) is 0 Å². The first-order valence-corrected chi connectivity index (χ1v) is 4.11. The second kappa shape index (κ2) is 9.15. The molecule has 62 valence electrons. The van der Waals surface area contributed by atoms with Gasteiger partial charge < -0.3 is 4.79 Å². The fourth-order valence-electron chi connectivity index (χ4n) is 0.748. The van der Waals surface area contributed by atoms with Crippen molar-refractivity contribution in [3.8, 4) is 0 Å². The summed E-state index contributed by atoms with van der Waals surface area (Å²) in [6.45, 7) is 2.01. The molecule has 1 heteroatoms. The third kappa shape index (κ3) is 9.15. The molecule has 1 nitrogen and oxygen atoms in total. The lowest BCUT2D eigenvalue weighted by atomic mass is 10.2. The molecule has 0 N–H and O–H groups in total. The molecule has 0 aromatic carbocycles. The van der Waals surface area contributed by atoms with Gasteiger partial charge in [-0.05, 0) is 26.2 Å². The molecule has 0 bridgehead atoms. The minimum absolute atomic E-state index is 0.688. The highest BCUT2D eigenvalue weighted by atomic mass is 16.1. The van der Waals surface area contributed by atoms with Gasteiger partial charge in [-0.15, -0.1) is 0 Å². The van der Waals surface area contributed by atoms with E-state index in [0.29, 0.717) is 6.42 Å². The molecule has 0 aromatic rings. The summed E-state index contributed by atoms with van der Waals surface area (Å²) in [5.74, 6) is 0. The Bertz CT molecular complexity index is 134. The molecule has 0 aliphatic heterocycles. The fourth-order valence-corrected chi connectivity index (χ4v) is 0.748. The van der Waals surface area contributed by atoms with Crippen molar-refractivity contribution in [2.75, 3.05) is 0 Å². The van der Waals surface area contributed by atoms with Crippen LogP contribution in [0.4, 0.5) is 0 Å². The Morgan fingerprint density at radius 1 is 1.09 bits per heavy atom. The maximum Gasteiger partial charge on any atom is 0.120 e. The molecule has 0 rings (SSSR count). The molecule has 0 amide bonds. The summed E-state index contributed by atoms with van der Waals surface area (Å²) >= 11 is 0. The van der Waals surface area contributed by atoms with Gasteiger partial charge >= 0.3 is 0 Å². The second-order valence-electron chi connectivity index (χ2n) is 2.37. The molecule has 0 aliphatic carbocycles. The van der Waals surface area contributed by atoms with Crippen LogP contribution >= 0.6 is 0 Å². The number of aldehydes is 1. The van der Waals surface area contributed by atoms with Gasteiger partial charge in [0.25, 0.3) is 0 Å². The first-order valence-electron chi connectivity index (χ1n) is 4.11. The lowest BCUT2D eigenvalue weighted by Crippen LogP contribution is -1.73. The van der Waals surface area contributed by atoms with Gasteiger partial charge in [0, 0.05) is 6.42 Å². The maximum absolute atomic E-state index is 9.90. The normalized spacial score (nSPS) is 11.4. The van der Waals surface area contributed by atoms with Crippen LogP contribution < -0.4 is 0 Å². The van der Waals surface area contributed by atoms with Gasteiger partial charge in [-0.3, -0.25) is 0 Å². The smallest absolute Gasteiger partial charge is 0.120 e. The van der Waals surface area contributed by atoms with Crippen LogP contribution in [0.2, 0.25) is 0 Å². The van der Waals surface area contributed by atoms with Crippen LogP contribution in [0.15, 0.2) is 24.3 Å². The van der Waals surface area contributed by atoms with Crippen molar-refractivity contribution in [3.63, 3.8) is 0 Å². The van der Waals surface area contributed by atoms with Gasteiger partial charge in [0.1, 0.15) is 6.29 Å². The van der Waals surface area contributed by atoms with Gasteiger partial charge in [-0.25, -0.2) is 0 Å². The van der Waals surface area contributed by atoms with E-state index in [1.807, 2.05) is 13.0 Å². The molecule has 0 saturated heterocycles. The van der Waals surface area contributed by atoms with Crippen molar-refractivity contribution < 1.29 is 4.79 Å². The molecule has 0 fully saturated rings. The maximum atomic E-state index is 9.90. The highest BCUT2D eigenvalue weighted by Gasteiger charge is 1.79. The van der Waals surface area contributed by atoms with Crippen molar-refractivity contribution in [1.82, 2.24) is 0 Å². The fraction of sp³-hybridized carbons (Fsp3) is 0.500. The summed E-state index contributed by atoms with van der Waals surface area (Å²) in [4.78, 5) is 9.90. The summed E-state index contributed by atoms with van der Waals surface area (Å²) < 4.78 is 0. The average molecular weight is 152 g/mol. The summed E-state index contributed by atoms with van der Waals surface area (Å²) in [6, 6.07) is 0. The first kappa shape index (κ1) is 10.2. The van der Waals surface area contributed by atoms with Crippen molar-refractivity contribution in [3.05, 3.63) is 24.3 Å². The van der Waals surface area contributed by atoms with E-state index in [-0.39, 0.29) is 0 Å². The van der Waals surface area contributed by atoms with Crippen LogP contribution in [0, 0.1) is 0 Å². The predicted octanol–water partition coefficient (Wildman–Crippen LogP) is 2.88. The van der Waals surface area contributed by atoms with Gasteiger partial charge in [-0.2, -0.15) is 0 Å². The summed E-state index contributed by atoms with van der Waals surface area (Å²) in [7, 11) is 0. The molecule has 11 heavy (non-hydrogen) atoms. The molecule has 0 atom stereocenters. The van der Waals surface area contributed by atoms with Gasteiger partial charge in [-0.1, -0.05) is 24.3 Å². The summed E-state index contributed by atoms with van der Waals surface area (Å²) in [5, 5.41) is 0. The number of allylic oxidation sites excluding steroid dienone is 4.